The molecule has 70 valence electrons. The van der Waals surface area contributed by atoms with Gasteiger partial charge in [-0.3, -0.25) is 0 Å². The van der Waals surface area contributed by atoms with Crippen LogP contribution in [0.25, 0.3) is 0 Å². The summed E-state index contributed by atoms with van der Waals surface area (Å²) in [5.74, 6) is 0. The maximum absolute atomic E-state index is 5.74. The van der Waals surface area contributed by atoms with Crippen LogP contribution < -0.4 is 0 Å². The van der Waals surface area contributed by atoms with E-state index in [1.54, 1.807) is 6.21 Å². The van der Waals surface area contributed by atoms with E-state index in [2.05, 4.69) is 15.3 Å². The van der Waals surface area contributed by atoms with E-state index in [4.69, 9.17) is 11.6 Å². The van der Waals surface area contributed by atoms with Crippen molar-refractivity contribution in [1.29, 1.82) is 0 Å². The maximum atomic E-state index is 5.74. The van der Waals surface area contributed by atoms with Crippen molar-refractivity contribution >= 4 is 17.8 Å². The Kier molecular flexibility index (Phi) is 2.55. The molecular weight excluding hydrogens is 200 g/mol. The van der Waals surface area contributed by atoms with E-state index in [1.807, 2.05) is 24.3 Å². The smallest absolute Gasteiger partial charge is 0.141 e. The molecule has 0 radical (unpaired) electrons. The van der Waals surface area contributed by atoms with Gasteiger partial charge in [0.25, 0.3) is 0 Å². The Balaban J connectivity index is 2.15. The second-order valence-electron chi connectivity index (χ2n) is 2.64. The Morgan fingerprint density at radius 1 is 1.14 bits per heavy atom. The van der Waals surface area contributed by atoms with Crippen LogP contribution in [-0.4, -0.2) is 21.1 Å². The van der Waals surface area contributed by atoms with E-state index in [0.29, 0.717) is 5.02 Å². The number of hydrogen-bond donors (Lipinski definition) is 0. The Morgan fingerprint density at radius 3 is 2.43 bits per heavy atom. The standard InChI is InChI=1S/C9H7ClN4/c10-9-3-1-8(2-4-9)5-13-14-6-11-12-7-14/h1-7H/b13-5+. The molecule has 0 bridgehead atoms. The lowest BCUT2D eigenvalue weighted by Gasteiger charge is -1.92. The van der Waals surface area contributed by atoms with E-state index in [9.17, 15) is 0 Å². The van der Waals surface area contributed by atoms with Gasteiger partial charge in [0.1, 0.15) is 12.7 Å². The fourth-order valence-electron chi connectivity index (χ4n) is 0.937. The van der Waals surface area contributed by atoms with Gasteiger partial charge in [-0.2, -0.15) is 5.10 Å². The minimum atomic E-state index is 0.714. The summed E-state index contributed by atoms with van der Waals surface area (Å²) in [4.78, 5) is 0. The van der Waals surface area contributed by atoms with E-state index in [0.717, 1.165) is 5.56 Å². The average Bonchev–Trinajstić information content (AvgIpc) is 2.70. The molecule has 0 aliphatic carbocycles. The molecule has 2 rings (SSSR count). The van der Waals surface area contributed by atoms with Gasteiger partial charge in [0.2, 0.25) is 0 Å². The predicted octanol–water partition coefficient (Wildman–Crippen LogP) is 1.81. The molecule has 1 heterocycles. The predicted molar refractivity (Wildman–Crippen MR) is 54.5 cm³/mol. The zero-order valence-electron chi connectivity index (χ0n) is 7.21. The van der Waals surface area contributed by atoms with Gasteiger partial charge in [-0.1, -0.05) is 23.7 Å². The Hall–Kier alpha value is -1.68. The largest absolute Gasteiger partial charge is 0.208 e. The van der Waals surface area contributed by atoms with Crippen LogP contribution in [0.5, 0.6) is 0 Å². The summed E-state index contributed by atoms with van der Waals surface area (Å²) in [6, 6.07) is 7.40. The van der Waals surface area contributed by atoms with Crippen LogP contribution in [0.2, 0.25) is 5.02 Å². The highest BCUT2D eigenvalue weighted by Gasteiger charge is 1.88. The molecule has 0 atom stereocenters. The van der Waals surface area contributed by atoms with Crippen LogP contribution in [0.4, 0.5) is 0 Å². The molecule has 1 aromatic heterocycles. The first-order chi connectivity index (χ1) is 6.84. The molecule has 0 saturated carbocycles. The third-order valence-corrected chi connectivity index (χ3v) is 1.87. The summed E-state index contributed by atoms with van der Waals surface area (Å²) in [7, 11) is 0. The SMILES string of the molecule is Clc1ccc(/C=N/n2cnnc2)cc1. The molecule has 0 aliphatic heterocycles. The summed E-state index contributed by atoms with van der Waals surface area (Å²) in [5.41, 5.74) is 0.975. The molecule has 0 unspecified atom stereocenters. The third-order valence-electron chi connectivity index (χ3n) is 1.62. The van der Waals surface area contributed by atoms with Crippen molar-refractivity contribution in [3.63, 3.8) is 0 Å². The molecule has 5 heteroatoms. The van der Waals surface area contributed by atoms with Crippen molar-refractivity contribution in [2.45, 2.75) is 0 Å². The first-order valence-electron chi connectivity index (χ1n) is 3.99. The lowest BCUT2D eigenvalue weighted by atomic mass is 10.2. The summed E-state index contributed by atoms with van der Waals surface area (Å²) in [6.45, 7) is 0. The van der Waals surface area contributed by atoms with Crippen molar-refractivity contribution in [2.75, 3.05) is 0 Å². The van der Waals surface area contributed by atoms with E-state index >= 15 is 0 Å². The van der Waals surface area contributed by atoms with Gasteiger partial charge in [0.15, 0.2) is 0 Å². The summed E-state index contributed by atoms with van der Waals surface area (Å²) in [6.07, 6.45) is 4.75. The van der Waals surface area contributed by atoms with E-state index in [-0.39, 0.29) is 0 Å². The summed E-state index contributed by atoms with van der Waals surface area (Å²) >= 11 is 5.74. The third kappa shape index (κ3) is 2.17. The van der Waals surface area contributed by atoms with Gasteiger partial charge >= 0.3 is 0 Å². The first-order valence-corrected chi connectivity index (χ1v) is 4.37. The highest BCUT2D eigenvalue weighted by molar-refractivity contribution is 6.30. The van der Waals surface area contributed by atoms with E-state index in [1.165, 1.54) is 17.3 Å². The molecule has 14 heavy (non-hydrogen) atoms. The zero-order chi connectivity index (χ0) is 9.80. The average molecular weight is 207 g/mol. The van der Waals surface area contributed by atoms with Gasteiger partial charge < -0.3 is 0 Å². The van der Waals surface area contributed by atoms with Crippen LogP contribution in [0.15, 0.2) is 42.0 Å². The number of nitrogens with zero attached hydrogens (tertiary/aromatic N) is 4. The molecule has 0 N–H and O–H groups in total. The van der Waals surface area contributed by atoms with Crippen molar-refractivity contribution in [3.8, 4) is 0 Å². The number of halogens is 1. The minimum Gasteiger partial charge on any atom is -0.208 e. The quantitative estimate of drug-likeness (QED) is 0.704. The topological polar surface area (TPSA) is 43.1 Å². The van der Waals surface area contributed by atoms with Crippen LogP contribution in [0.3, 0.4) is 0 Å². The zero-order valence-corrected chi connectivity index (χ0v) is 7.96. The molecule has 2 aromatic rings. The fraction of sp³-hybridized carbons (Fsp3) is 0. The fourth-order valence-corrected chi connectivity index (χ4v) is 1.06. The number of aromatic nitrogens is 3. The van der Waals surface area contributed by atoms with Gasteiger partial charge in [0, 0.05) is 5.02 Å². The molecule has 0 saturated heterocycles. The first kappa shape index (κ1) is 8.90. The lowest BCUT2D eigenvalue weighted by molar-refractivity contribution is 0.878. The monoisotopic (exact) mass is 206 g/mol. The number of hydrogen-bond acceptors (Lipinski definition) is 3. The molecule has 1 aromatic carbocycles. The summed E-state index contributed by atoms with van der Waals surface area (Å²) in [5, 5.41) is 12.1. The normalized spacial score (nSPS) is 10.9. The second-order valence-corrected chi connectivity index (χ2v) is 3.07. The maximum Gasteiger partial charge on any atom is 0.141 e. The molecule has 0 amide bonds. The van der Waals surface area contributed by atoms with Gasteiger partial charge in [0.05, 0.1) is 6.21 Å². The van der Waals surface area contributed by atoms with Crippen LogP contribution in [0.1, 0.15) is 5.56 Å². The molecule has 0 aliphatic rings. The number of benzene rings is 1. The Morgan fingerprint density at radius 2 is 1.79 bits per heavy atom. The van der Waals surface area contributed by atoms with Gasteiger partial charge in [-0.15, -0.1) is 10.2 Å². The number of rotatable bonds is 2. The van der Waals surface area contributed by atoms with Crippen LogP contribution in [0, 0.1) is 0 Å². The van der Waals surface area contributed by atoms with Crippen LogP contribution >= 0.6 is 11.6 Å². The van der Waals surface area contributed by atoms with Crippen molar-refractivity contribution in [2.24, 2.45) is 5.10 Å². The lowest BCUT2D eigenvalue weighted by Crippen LogP contribution is -1.86. The van der Waals surface area contributed by atoms with Gasteiger partial charge in [-0.25, -0.2) is 4.68 Å². The molecule has 0 spiro atoms. The highest BCUT2D eigenvalue weighted by atomic mass is 35.5. The van der Waals surface area contributed by atoms with E-state index < -0.39 is 0 Å². The Labute approximate surface area is 85.8 Å². The second kappa shape index (κ2) is 4.02. The summed E-state index contributed by atoms with van der Waals surface area (Å²) < 4.78 is 1.52. The Bertz CT molecular complexity index is 419. The molecule has 4 nitrogen and oxygen atoms in total. The minimum absolute atomic E-state index is 0.714. The van der Waals surface area contributed by atoms with Crippen molar-refractivity contribution in [3.05, 3.63) is 47.5 Å². The van der Waals surface area contributed by atoms with Crippen molar-refractivity contribution < 1.29 is 0 Å². The van der Waals surface area contributed by atoms with Gasteiger partial charge in [-0.05, 0) is 17.7 Å². The van der Waals surface area contributed by atoms with Crippen molar-refractivity contribution in [1.82, 2.24) is 14.9 Å². The van der Waals surface area contributed by atoms with Crippen LogP contribution in [-0.2, 0) is 0 Å². The molecule has 0 fully saturated rings. The molecular formula is C9H7ClN4. The highest BCUT2D eigenvalue weighted by Crippen LogP contribution is 2.07.